The van der Waals surface area contributed by atoms with E-state index in [1.165, 1.54) is 22.1 Å². The second-order valence-corrected chi connectivity index (χ2v) is 5.28. The molecule has 0 atom stereocenters. The van der Waals surface area contributed by atoms with E-state index in [1.807, 2.05) is 19.2 Å². The van der Waals surface area contributed by atoms with Crippen molar-refractivity contribution in [3.63, 3.8) is 0 Å². The highest BCUT2D eigenvalue weighted by Crippen LogP contribution is 2.33. The van der Waals surface area contributed by atoms with Gasteiger partial charge in [-0.05, 0) is 41.3 Å². The zero-order chi connectivity index (χ0) is 13.9. The molecule has 0 aromatic heterocycles. The average Bonchev–Trinajstić information content (AvgIpc) is 2.49. The van der Waals surface area contributed by atoms with E-state index < -0.39 is 0 Å². The summed E-state index contributed by atoms with van der Waals surface area (Å²) in [6.07, 6.45) is 0. The second-order valence-electron chi connectivity index (χ2n) is 4.87. The fourth-order valence-corrected chi connectivity index (χ4v) is 2.79. The molecule has 3 aromatic carbocycles. The van der Waals surface area contributed by atoms with Crippen LogP contribution in [0.25, 0.3) is 21.9 Å². The first-order chi connectivity index (χ1) is 9.79. The Morgan fingerprint density at radius 3 is 2.50 bits per heavy atom. The smallest absolute Gasteiger partial charge is 0.0484 e. The summed E-state index contributed by atoms with van der Waals surface area (Å²) in [5, 5.41) is 6.29. The number of hydrogen-bond acceptors (Lipinski definition) is 1. The summed E-state index contributed by atoms with van der Waals surface area (Å²) in [7, 11) is 1.96. The Morgan fingerprint density at radius 1 is 0.900 bits per heavy atom. The Kier molecular flexibility index (Phi) is 3.72. The van der Waals surface area contributed by atoms with E-state index in [9.17, 15) is 0 Å². The molecule has 0 bridgehead atoms. The number of nitrogens with one attached hydrogen (secondary N) is 1. The molecule has 0 amide bonds. The van der Waals surface area contributed by atoms with E-state index in [2.05, 4.69) is 53.8 Å². The topological polar surface area (TPSA) is 12.0 Å². The Hall–Kier alpha value is -1.83. The van der Waals surface area contributed by atoms with Gasteiger partial charge in [-0.25, -0.2) is 0 Å². The molecule has 1 nitrogen and oxygen atoms in total. The Bertz CT molecular complexity index is 749. The molecule has 0 aliphatic carbocycles. The van der Waals surface area contributed by atoms with Crippen molar-refractivity contribution in [2.45, 2.75) is 6.54 Å². The van der Waals surface area contributed by atoms with Crippen molar-refractivity contribution in [2.24, 2.45) is 0 Å². The van der Waals surface area contributed by atoms with Crippen molar-refractivity contribution in [3.8, 4) is 11.1 Å². The van der Waals surface area contributed by atoms with E-state index in [0.717, 1.165) is 17.0 Å². The van der Waals surface area contributed by atoms with Gasteiger partial charge >= 0.3 is 0 Å². The van der Waals surface area contributed by atoms with Gasteiger partial charge < -0.3 is 5.32 Å². The molecular formula is C18H16ClN. The number of hydrogen-bond donors (Lipinski definition) is 1. The van der Waals surface area contributed by atoms with Gasteiger partial charge in [-0.1, -0.05) is 60.1 Å². The van der Waals surface area contributed by atoms with Crippen LogP contribution in [-0.4, -0.2) is 7.05 Å². The highest BCUT2D eigenvalue weighted by Gasteiger charge is 2.06. The van der Waals surface area contributed by atoms with Crippen LogP contribution in [0.1, 0.15) is 5.56 Å². The standard InChI is InChI=1S/C18H16ClN/c1-20-12-13-5-4-6-14(11-13)15-9-10-18(19)17-8-3-2-7-16(15)17/h2-11,20H,12H2,1H3. The van der Waals surface area contributed by atoms with E-state index in [-0.39, 0.29) is 0 Å². The number of benzene rings is 3. The SMILES string of the molecule is CNCc1cccc(-c2ccc(Cl)c3ccccc23)c1. The first kappa shape index (κ1) is 13.2. The van der Waals surface area contributed by atoms with Crippen molar-refractivity contribution in [3.05, 3.63) is 71.2 Å². The maximum atomic E-state index is 6.29. The summed E-state index contributed by atoms with van der Waals surface area (Å²) in [4.78, 5) is 0. The summed E-state index contributed by atoms with van der Waals surface area (Å²) >= 11 is 6.29. The molecule has 0 radical (unpaired) electrons. The summed E-state index contributed by atoms with van der Waals surface area (Å²) in [6.45, 7) is 0.874. The van der Waals surface area contributed by atoms with Crippen LogP contribution in [0.2, 0.25) is 5.02 Å². The third-order valence-corrected chi connectivity index (χ3v) is 3.82. The van der Waals surface area contributed by atoms with E-state index in [1.54, 1.807) is 0 Å². The molecule has 20 heavy (non-hydrogen) atoms. The number of halogens is 1. The van der Waals surface area contributed by atoms with Crippen LogP contribution in [0.5, 0.6) is 0 Å². The quantitative estimate of drug-likeness (QED) is 0.721. The van der Waals surface area contributed by atoms with Crippen LogP contribution in [0.15, 0.2) is 60.7 Å². The molecule has 0 aliphatic heterocycles. The van der Waals surface area contributed by atoms with Crippen LogP contribution in [0.3, 0.4) is 0 Å². The van der Waals surface area contributed by atoms with Gasteiger partial charge in [0, 0.05) is 17.0 Å². The molecule has 0 heterocycles. The van der Waals surface area contributed by atoms with E-state index in [0.29, 0.717) is 0 Å². The average molecular weight is 282 g/mol. The maximum absolute atomic E-state index is 6.29. The first-order valence-electron chi connectivity index (χ1n) is 6.71. The van der Waals surface area contributed by atoms with Crippen molar-refractivity contribution in [1.29, 1.82) is 0 Å². The van der Waals surface area contributed by atoms with Crippen molar-refractivity contribution in [1.82, 2.24) is 5.32 Å². The van der Waals surface area contributed by atoms with E-state index in [4.69, 9.17) is 11.6 Å². The highest BCUT2D eigenvalue weighted by atomic mass is 35.5. The Balaban J connectivity index is 2.19. The maximum Gasteiger partial charge on any atom is 0.0484 e. The molecule has 0 unspecified atom stereocenters. The van der Waals surface area contributed by atoms with E-state index >= 15 is 0 Å². The fourth-order valence-electron chi connectivity index (χ4n) is 2.57. The minimum atomic E-state index is 0.802. The van der Waals surface area contributed by atoms with Crippen molar-refractivity contribution < 1.29 is 0 Å². The third kappa shape index (κ3) is 2.43. The van der Waals surface area contributed by atoms with Gasteiger partial charge in [0.15, 0.2) is 0 Å². The molecule has 3 aromatic rings. The monoisotopic (exact) mass is 281 g/mol. The lowest BCUT2D eigenvalue weighted by molar-refractivity contribution is 0.818. The molecule has 0 saturated heterocycles. The molecule has 0 fully saturated rings. The normalized spacial score (nSPS) is 10.9. The van der Waals surface area contributed by atoms with Gasteiger partial charge in [0.1, 0.15) is 0 Å². The van der Waals surface area contributed by atoms with Gasteiger partial charge in [-0.3, -0.25) is 0 Å². The van der Waals surface area contributed by atoms with Crippen LogP contribution in [0.4, 0.5) is 0 Å². The van der Waals surface area contributed by atoms with Crippen LogP contribution in [-0.2, 0) is 6.54 Å². The lowest BCUT2D eigenvalue weighted by Crippen LogP contribution is -2.04. The second kappa shape index (κ2) is 5.66. The Labute approximate surface area is 124 Å². The first-order valence-corrected chi connectivity index (χ1v) is 7.08. The summed E-state index contributed by atoms with van der Waals surface area (Å²) in [5.74, 6) is 0. The molecule has 1 N–H and O–H groups in total. The minimum Gasteiger partial charge on any atom is -0.316 e. The molecule has 3 rings (SSSR count). The van der Waals surface area contributed by atoms with Crippen molar-refractivity contribution >= 4 is 22.4 Å². The van der Waals surface area contributed by atoms with Crippen molar-refractivity contribution in [2.75, 3.05) is 7.05 Å². The zero-order valence-electron chi connectivity index (χ0n) is 11.4. The number of fused-ring (bicyclic) bond motifs is 1. The molecule has 0 saturated carbocycles. The van der Waals surface area contributed by atoms with Crippen LogP contribution >= 0.6 is 11.6 Å². The lowest BCUT2D eigenvalue weighted by atomic mass is 9.97. The minimum absolute atomic E-state index is 0.802. The third-order valence-electron chi connectivity index (χ3n) is 3.49. The predicted molar refractivity (Wildman–Crippen MR) is 87.2 cm³/mol. The summed E-state index contributed by atoms with van der Waals surface area (Å²) in [6, 6.07) is 21.0. The molecule has 0 spiro atoms. The van der Waals surface area contributed by atoms with Crippen LogP contribution < -0.4 is 5.32 Å². The lowest BCUT2D eigenvalue weighted by Gasteiger charge is -2.10. The van der Waals surface area contributed by atoms with Gasteiger partial charge in [0.05, 0.1) is 0 Å². The number of rotatable bonds is 3. The molecule has 0 aliphatic rings. The van der Waals surface area contributed by atoms with Gasteiger partial charge in [-0.2, -0.15) is 0 Å². The van der Waals surface area contributed by atoms with Gasteiger partial charge in [-0.15, -0.1) is 0 Å². The highest BCUT2D eigenvalue weighted by molar-refractivity contribution is 6.36. The Morgan fingerprint density at radius 2 is 1.70 bits per heavy atom. The fraction of sp³-hybridized carbons (Fsp3) is 0.111. The summed E-state index contributed by atoms with van der Waals surface area (Å²) < 4.78 is 0. The van der Waals surface area contributed by atoms with Gasteiger partial charge in [0.2, 0.25) is 0 Å². The molecular weight excluding hydrogens is 266 g/mol. The molecule has 2 heteroatoms. The summed E-state index contributed by atoms with van der Waals surface area (Å²) in [5.41, 5.74) is 3.73. The zero-order valence-corrected chi connectivity index (χ0v) is 12.1. The van der Waals surface area contributed by atoms with Crippen LogP contribution in [0, 0.1) is 0 Å². The predicted octanol–water partition coefficient (Wildman–Crippen LogP) is 4.88. The molecule has 100 valence electrons. The largest absolute Gasteiger partial charge is 0.316 e. The van der Waals surface area contributed by atoms with Gasteiger partial charge in [0.25, 0.3) is 0 Å².